The molecular formula is C15H15N3O4S2. The van der Waals surface area contributed by atoms with Crippen LogP contribution in [0.2, 0.25) is 0 Å². The maximum absolute atomic E-state index is 12.7. The fraction of sp³-hybridized carbons (Fsp3) is 0.200. The fourth-order valence-electron chi connectivity index (χ4n) is 2.31. The minimum absolute atomic E-state index is 0.169. The van der Waals surface area contributed by atoms with Crippen molar-refractivity contribution in [3.63, 3.8) is 0 Å². The van der Waals surface area contributed by atoms with Crippen LogP contribution in [0.25, 0.3) is 4.96 Å². The van der Waals surface area contributed by atoms with E-state index in [9.17, 15) is 13.2 Å². The summed E-state index contributed by atoms with van der Waals surface area (Å²) in [6.45, 7) is 3.34. The van der Waals surface area contributed by atoms with Crippen LogP contribution < -0.4 is 15.0 Å². The van der Waals surface area contributed by atoms with Crippen molar-refractivity contribution in [2.45, 2.75) is 18.7 Å². The Hall–Kier alpha value is -2.39. The Morgan fingerprint density at radius 2 is 1.88 bits per heavy atom. The molecule has 0 saturated carbocycles. The number of thiazole rings is 1. The van der Waals surface area contributed by atoms with E-state index in [0.717, 1.165) is 4.88 Å². The first-order valence-electron chi connectivity index (χ1n) is 6.98. The third kappa shape index (κ3) is 2.87. The largest absolute Gasteiger partial charge is 0.497 e. The van der Waals surface area contributed by atoms with Crippen molar-refractivity contribution < 1.29 is 13.2 Å². The summed E-state index contributed by atoms with van der Waals surface area (Å²) in [7, 11) is -2.54. The maximum Gasteiger partial charge on any atom is 0.279 e. The SMILES string of the molecule is COc1ccc(NS(=O)(=O)c2c(C)nc3sc(C)cn3c2=O)cc1. The third-order valence-corrected chi connectivity index (χ3v) is 5.80. The lowest BCUT2D eigenvalue weighted by Gasteiger charge is -2.10. The van der Waals surface area contributed by atoms with Crippen LogP contribution in [0.3, 0.4) is 0 Å². The van der Waals surface area contributed by atoms with E-state index < -0.39 is 15.6 Å². The molecule has 0 aliphatic carbocycles. The minimum Gasteiger partial charge on any atom is -0.497 e. The Labute approximate surface area is 142 Å². The lowest BCUT2D eigenvalue weighted by Crippen LogP contribution is -2.27. The molecule has 0 bridgehead atoms. The quantitative estimate of drug-likeness (QED) is 0.765. The Bertz CT molecular complexity index is 1070. The highest BCUT2D eigenvalue weighted by molar-refractivity contribution is 7.92. The molecule has 0 fully saturated rings. The van der Waals surface area contributed by atoms with Gasteiger partial charge in [0.25, 0.3) is 15.6 Å². The zero-order chi connectivity index (χ0) is 17.5. The van der Waals surface area contributed by atoms with Gasteiger partial charge in [-0.25, -0.2) is 13.4 Å². The van der Waals surface area contributed by atoms with Crippen LogP contribution in [0.5, 0.6) is 5.75 Å². The number of rotatable bonds is 4. The molecule has 0 spiro atoms. The number of sulfonamides is 1. The van der Waals surface area contributed by atoms with Crippen molar-refractivity contribution in [1.82, 2.24) is 9.38 Å². The molecule has 9 heteroatoms. The molecule has 0 aliphatic heterocycles. The van der Waals surface area contributed by atoms with Crippen molar-refractivity contribution in [1.29, 1.82) is 0 Å². The molecule has 0 unspecified atom stereocenters. The van der Waals surface area contributed by atoms with E-state index in [1.54, 1.807) is 30.5 Å². The molecular weight excluding hydrogens is 350 g/mol. The van der Waals surface area contributed by atoms with Gasteiger partial charge < -0.3 is 4.74 Å². The molecule has 1 N–H and O–H groups in total. The maximum atomic E-state index is 12.7. The summed E-state index contributed by atoms with van der Waals surface area (Å²) in [5.41, 5.74) is -0.105. The summed E-state index contributed by atoms with van der Waals surface area (Å²) in [6.07, 6.45) is 1.58. The van der Waals surface area contributed by atoms with Gasteiger partial charge in [-0.3, -0.25) is 13.9 Å². The summed E-state index contributed by atoms with van der Waals surface area (Å²) in [5, 5.41) is 0. The Morgan fingerprint density at radius 3 is 2.50 bits per heavy atom. The summed E-state index contributed by atoms with van der Waals surface area (Å²) >= 11 is 1.33. The van der Waals surface area contributed by atoms with Gasteiger partial charge in [-0.1, -0.05) is 0 Å². The Kier molecular flexibility index (Phi) is 4.06. The molecule has 2 heterocycles. The number of nitrogens with one attached hydrogen (secondary N) is 1. The zero-order valence-electron chi connectivity index (χ0n) is 13.2. The van der Waals surface area contributed by atoms with Gasteiger partial charge in [0.15, 0.2) is 9.86 Å². The van der Waals surface area contributed by atoms with Crippen molar-refractivity contribution >= 4 is 32.0 Å². The van der Waals surface area contributed by atoms with Crippen LogP contribution in [-0.4, -0.2) is 24.9 Å². The van der Waals surface area contributed by atoms with Gasteiger partial charge in [0.05, 0.1) is 12.8 Å². The number of benzene rings is 1. The number of ether oxygens (including phenoxy) is 1. The fourth-order valence-corrected chi connectivity index (χ4v) is 4.49. The number of aromatic nitrogens is 2. The second-order valence-corrected chi connectivity index (χ2v) is 7.99. The molecule has 7 nitrogen and oxygen atoms in total. The average molecular weight is 365 g/mol. The van der Waals surface area contributed by atoms with Crippen molar-refractivity contribution in [2.24, 2.45) is 0 Å². The lowest BCUT2D eigenvalue weighted by atomic mass is 10.3. The van der Waals surface area contributed by atoms with Crippen molar-refractivity contribution in [2.75, 3.05) is 11.8 Å². The van der Waals surface area contributed by atoms with Crippen LogP contribution in [0, 0.1) is 13.8 Å². The number of fused-ring (bicyclic) bond motifs is 1. The van der Waals surface area contributed by atoms with Crippen LogP contribution in [0.4, 0.5) is 5.69 Å². The highest BCUT2D eigenvalue weighted by Crippen LogP contribution is 2.21. The number of aryl methyl sites for hydroxylation is 2. The van der Waals surface area contributed by atoms with Crippen LogP contribution >= 0.6 is 11.3 Å². The highest BCUT2D eigenvalue weighted by Gasteiger charge is 2.24. The second-order valence-electron chi connectivity index (χ2n) is 5.16. The first-order valence-corrected chi connectivity index (χ1v) is 9.28. The predicted octanol–water partition coefficient (Wildman–Crippen LogP) is 2.18. The van der Waals surface area contributed by atoms with Gasteiger partial charge in [0, 0.05) is 16.8 Å². The van der Waals surface area contributed by atoms with Gasteiger partial charge in [0.2, 0.25) is 0 Å². The van der Waals surface area contributed by atoms with Gasteiger partial charge >= 0.3 is 0 Å². The number of anilines is 1. The molecule has 0 atom stereocenters. The zero-order valence-corrected chi connectivity index (χ0v) is 14.9. The van der Waals surface area contributed by atoms with Crippen LogP contribution in [0.15, 0.2) is 40.2 Å². The molecule has 0 aliphatic rings. The topological polar surface area (TPSA) is 89.8 Å². The van der Waals surface area contributed by atoms with Crippen LogP contribution in [-0.2, 0) is 10.0 Å². The van der Waals surface area contributed by atoms with Crippen LogP contribution in [0.1, 0.15) is 10.6 Å². The van der Waals surface area contributed by atoms with Crippen molar-refractivity contribution in [3.05, 3.63) is 51.4 Å². The van der Waals surface area contributed by atoms with E-state index in [4.69, 9.17) is 4.74 Å². The predicted molar refractivity (Wildman–Crippen MR) is 92.6 cm³/mol. The van der Waals surface area contributed by atoms with Gasteiger partial charge in [0.1, 0.15) is 5.75 Å². The molecule has 1 aromatic carbocycles. The number of hydrogen-bond donors (Lipinski definition) is 1. The normalized spacial score (nSPS) is 11.6. The molecule has 126 valence electrons. The second kappa shape index (κ2) is 5.91. The first-order chi connectivity index (χ1) is 11.3. The lowest BCUT2D eigenvalue weighted by molar-refractivity contribution is 0.415. The molecule has 2 aromatic heterocycles. The third-order valence-electron chi connectivity index (χ3n) is 3.39. The standard InChI is InChI=1S/C15H15N3O4S2/c1-9-8-18-14(19)13(10(2)16-15(18)23-9)24(20,21)17-11-4-6-12(22-3)7-5-11/h4-8,17H,1-3H3. The monoisotopic (exact) mass is 365 g/mol. The molecule has 0 radical (unpaired) electrons. The summed E-state index contributed by atoms with van der Waals surface area (Å²) in [5.74, 6) is 0.603. The van der Waals surface area contributed by atoms with E-state index in [1.165, 1.54) is 29.8 Å². The highest BCUT2D eigenvalue weighted by atomic mass is 32.2. The number of hydrogen-bond acceptors (Lipinski definition) is 6. The Balaban J connectivity index is 2.08. The molecule has 3 aromatic rings. The molecule has 24 heavy (non-hydrogen) atoms. The van der Waals surface area contributed by atoms with E-state index in [-0.39, 0.29) is 10.6 Å². The Morgan fingerprint density at radius 1 is 1.21 bits per heavy atom. The van der Waals surface area contributed by atoms with Crippen molar-refractivity contribution in [3.8, 4) is 5.75 Å². The summed E-state index contributed by atoms with van der Waals surface area (Å²) < 4.78 is 34.0. The first kappa shape index (κ1) is 16.5. The van der Waals surface area contributed by atoms with Gasteiger partial charge in [-0.2, -0.15) is 0 Å². The van der Waals surface area contributed by atoms with E-state index in [2.05, 4.69) is 9.71 Å². The molecule has 0 saturated heterocycles. The average Bonchev–Trinajstić information content (AvgIpc) is 2.88. The molecule has 0 amide bonds. The van der Waals surface area contributed by atoms with Gasteiger partial charge in [-0.15, -0.1) is 11.3 Å². The minimum atomic E-state index is -4.06. The summed E-state index contributed by atoms with van der Waals surface area (Å²) in [4.78, 5) is 17.8. The smallest absolute Gasteiger partial charge is 0.279 e. The van der Waals surface area contributed by atoms with Gasteiger partial charge in [-0.05, 0) is 38.1 Å². The van der Waals surface area contributed by atoms with E-state index in [1.807, 2.05) is 6.92 Å². The summed E-state index contributed by atoms with van der Waals surface area (Å²) in [6, 6.07) is 6.37. The van der Waals surface area contributed by atoms with E-state index in [0.29, 0.717) is 16.4 Å². The molecule has 3 rings (SSSR count). The number of methoxy groups -OCH3 is 1. The van der Waals surface area contributed by atoms with E-state index >= 15 is 0 Å². The number of nitrogens with zero attached hydrogens (tertiary/aromatic N) is 2.